The van der Waals surface area contributed by atoms with E-state index in [0.717, 1.165) is 45.4 Å². The molecular weight excluding hydrogens is 214 g/mol. The summed E-state index contributed by atoms with van der Waals surface area (Å²) in [5, 5.41) is 14.1. The topological polar surface area (TPSA) is 41.3 Å². The monoisotopic (exact) mass is 237 g/mol. The van der Waals surface area contributed by atoms with E-state index < -0.39 is 0 Å². The fourth-order valence-corrected chi connectivity index (χ4v) is 2.40. The third-order valence-corrected chi connectivity index (χ3v) is 3.52. The van der Waals surface area contributed by atoms with Gasteiger partial charge in [0.1, 0.15) is 0 Å². The predicted octanol–water partition coefficient (Wildman–Crippen LogP) is 1.42. The van der Waals surface area contributed by atoms with Crippen molar-refractivity contribution < 1.29 is 5.11 Å². The minimum absolute atomic E-state index is 0.0893. The molecule has 1 aromatic heterocycles. The minimum Gasteiger partial charge on any atom is -0.393 e. The highest BCUT2D eigenvalue weighted by Gasteiger charge is 2.18. The van der Waals surface area contributed by atoms with Gasteiger partial charge in [-0.25, -0.2) is 0 Å². The molecular formula is C13H23N3O. The summed E-state index contributed by atoms with van der Waals surface area (Å²) in [6.07, 6.45) is 2.72. The normalized spacial score (nSPS) is 18.8. The zero-order valence-electron chi connectivity index (χ0n) is 10.9. The Hall–Kier alpha value is -0.870. The standard InChI is InChI=1S/C13H23N3O/c1-3-11-9-12(16(4-2)14-11)10-15-7-5-13(17)6-8-15/h9,13,17H,3-8,10H2,1-2H3. The van der Waals surface area contributed by atoms with Crippen molar-refractivity contribution >= 4 is 0 Å². The lowest BCUT2D eigenvalue weighted by Crippen LogP contribution is -2.35. The van der Waals surface area contributed by atoms with Gasteiger partial charge < -0.3 is 5.11 Å². The molecule has 2 rings (SSSR count). The van der Waals surface area contributed by atoms with Gasteiger partial charge >= 0.3 is 0 Å². The lowest BCUT2D eigenvalue weighted by Gasteiger charge is -2.29. The molecule has 4 nitrogen and oxygen atoms in total. The SMILES string of the molecule is CCc1cc(CN2CCC(O)CC2)n(CC)n1. The van der Waals surface area contributed by atoms with Crippen molar-refractivity contribution in [1.82, 2.24) is 14.7 Å². The van der Waals surface area contributed by atoms with Gasteiger partial charge in [0.2, 0.25) is 0 Å². The number of hydrogen-bond donors (Lipinski definition) is 1. The van der Waals surface area contributed by atoms with Gasteiger partial charge in [0, 0.05) is 26.2 Å². The molecule has 0 unspecified atom stereocenters. The Morgan fingerprint density at radius 3 is 2.65 bits per heavy atom. The third-order valence-electron chi connectivity index (χ3n) is 3.52. The van der Waals surface area contributed by atoms with Crippen LogP contribution in [0.2, 0.25) is 0 Å². The number of piperidine rings is 1. The Kier molecular flexibility index (Phi) is 4.18. The molecule has 1 aliphatic rings. The predicted molar refractivity (Wildman–Crippen MR) is 67.8 cm³/mol. The fourth-order valence-electron chi connectivity index (χ4n) is 2.40. The van der Waals surface area contributed by atoms with Gasteiger partial charge in [0.05, 0.1) is 17.5 Å². The molecule has 0 atom stereocenters. The quantitative estimate of drug-likeness (QED) is 0.861. The molecule has 1 aromatic rings. The number of aliphatic hydroxyl groups excluding tert-OH is 1. The molecule has 0 aliphatic carbocycles. The molecule has 0 amide bonds. The summed E-state index contributed by atoms with van der Waals surface area (Å²) in [5.41, 5.74) is 2.49. The Labute approximate surface area is 103 Å². The first-order chi connectivity index (χ1) is 8.22. The highest BCUT2D eigenvalue weighted by atomic mass is 16.3. The highest BCUT2D eigenvalue weighted by Crippen LogP contribution is 2.14. The number of aromatic nitrogens is 2. The Bertz CT molecular complexity index is 354. The summed E-state index contributed by atoms with van der Waals surface area (Å²) in [7, 11) is 0. The number of hydrogen-bond acceptors (Lipinski definition) is 3. The van der Waals surface area contributed by atoms with Gasteiger partial charge in [-0.2, -0.15) is 5.10 Å². The molecule has 2 heterocycles. The Morgan fingerprint density at radius 2 is 2.06 bits per heavy atom. The fraction of sp³-hybridized carbons (Fsp3) is 0.769. The second-order valence-electron chi connectivity index (χ2n) is 4.80. The summed E-state index contributed by atoms with van der Waals surface area (Å²) < 4.78 is 2.10. The van der Waals surface area contributed by atoms with E-state index in [1.807, 2.05) is 0 Å². The second-order valence-corrected chi connectivity index (χ2v) is 4.80. The first-order valence-electron chi connectivity index (χ1n) is 6.69. The summed E-state index contributed by atoms with van der Waals surface area (Å²) in [6.45, 7) is 8.17. The molecule has 4 heteroatoms. The van der Waals surface area contributed by atoms with E-state index in [0.29, 0.717) is 0 Å². The smallest absolute Gasteiger partial charge is 0.0625 e. The van der Waals surface area contributed by atoms with Crippen molar-refractivity contribution in [2.75, 3.05) is 13.1 Å². The van der Waals surface area contributed by atoms with E-state index in [2.05, 4.69) is 34.6 Å². The minimum atomic E-state index is -0.0893. The summed E-state index contributed by atoms with van der Waals surface area (Å²) in [5.74, 6) is 0. The highest BCUT2D eigenvalue weighted by molar-refractivity contribution is 5.10. The van der Waals surface area contributed by atoms with Crippen LogP contribution < -0.4 is 0 Å². The molecule has 1 saturated heterocycles. The second kappa shape index (κ2) is 5.65. The average Bonchev–Trinajstić information content (AvgIpc) is 2.74. The first kappa shape index (κ1) is 12.6. The molecule has 1 aliphatic heterocycles. The zero-order valence-corrected chi connectivity index (χ0v) is 10.9. The van der Waals surface area contributed by atoms with E-state index in [-0.39, 0.29) is 6.10 Å². The maximum Gasteiger partial charge on any atom is 0.0625 e. The van der Waals surface area contributed by atoms with E-state index in [9.17, 15) is 5.11 Å². The molecule has 0 radical (unpaired) electrons. The zero-order chi connectivity index (χ0) is 12.3. The average molecular weight is 237 g/mol. The van der Waals surface area contributed by atoms with Crippen LogP contribution in [0, 0.1) is 0 Å². The van der Waals surface area contributed by atoms with Crippen LogP contribution in [-0.4, -0.2) is 39.0 Å². The molecule has 0 bridgehead atoms. The van der Waals surface area contributed by atoms with Gasteiger partial charge in [-0.15, -0.1) is 0 Å². The van der Waals surface area contributed by atoms with Crippen LogP contribution in [0.5, 0.6) is 0 Å². The largest absolute Gasteiger partial charge is 0.393 e. The summed E-state index contributed by atoms with van der Waals surface area (Å²) in [6, 6.07) is 2.22. The van der Waals surface area contributed by atoms with Gasteiger partial charge in [0.15, 0.2) is 0 Å². The van der Waals surface area contributed by atoms with Crippen LogP contribution in [0.3, 0.4) is 0 Å². The first-order valence-corrected chi connectivity index (χ1v) is 6.69. The molecule has 1 N–H and O–H groups in total. The van der Waals surface area contributed by atoms with Crippen molar-refractivity contribution in [3.8, 4) is 0 Å². The molecule has 96 valence electrons. The number of likely N-dealkylation sites (tertiary alicyclic amines) is 1. The van der Waals surface area contributed by atoms with E-state index in [4.69, 9.17) is 0 Å². The van der Waals surface area contributed by atoms with Crippen molar-refractivity contribution in [2.45, 2.75) is 52.3 Å². The van der Waals surface area contributed by atoms with Crippen LogP contribution in [0.1, 0.15) is 38.1 Å². The summed E-state index contributed by atoms with van der Waals surface area (Å²) in [4.78, 5) is 2.41. The van der Waals surface area contributed by atoms with Gasteiger partial charge in [0.25, 0.3) is 0 Å². The maximum absolute atomic E-state index is 9.49. The van der Waals surface area contributed by atoms with Crippen LogP contribution >= 0.6 is 0 Å². The third kappa shape index (κ3) is 3.07. The lowest BCUT2D eigenvalue weighted by atomic mass is 10.1. The van der Waals surface area contributed by atoms with Gasteiger partial charge in [-0.3, -0.25) is 9.58 Å². The maximum atomic E-state index is 9.49. The van der Waals surface area contributed by atoms with Crippen LogP contribution in [-0.2, 0) is 19.5 Å². The molecule has 17 heavy (non-hydrogen) atoms. The number of aryl methyl sites for hydroxylation is 2. The van der Waals surface area contributed by atoms with Crippen LogP contribution in [0.25, 0.3) is 0 Å². The van der Waals surface area contributed by atoms with E-state index >= 15 is 0 Å². The Morgan fingerprint density at radius 1 is 1.35 bits per heavy atom. The number of nitrogens with zero attached hydrogens (tertiary/aromatic N) is 3. The molecule has 0 saturated carbocycles. The molecule has 0 spiro atoms. The van der Waals surface area contributed by atoms with Crippen molar-refractivity contribution in [1.29, 1.82) is 0 Å². The van der Waals surface area contributed by atoms with Crippen LogP contribution in [0.15, 0.2) is 6.07 Å². The van der Waals surface area contributed by atoms with Gasteiger partial charge in [-0.05, 0) is 32.3 Å². The Balaban J connectivity index is 1.99. The lowest BCUT2D eigenvalue weighted by molar-refractivity contribution is 0.0780. The van der Waals surface area contributed by atoms with Crippen LogP contribution in [0.4, 0.5) is 0 Å². The number of rotatable bonds is 4. The van der Waals surface area contributed by atoms with Crippen molar-refractivity contribution in [2.24, 2.45) is 0 Å². The van der Waals surface area contributed by atoms with E-state index in [1.54, 1.807) is 0 Å². The molecule has 1 fully saturated rings. The number of aliphatic hydroxyl groups is 1. The van der Waals surface area contributed by atoms with Crippen molar-refractivity contribution in [3.05, 3.63) is 17.5 Å². The molecule has 0 aromatic carbocycles. The van der Waals surface area contributed by atoms with E-state index in [1.165, 1.54) is 11.4 Å². The van der Waals surface area contributed by atoms with Gasteiger partial charge in [-0.1, -0.05) is 6.92 Å². The van der Waals surface area contributed by atoms with Crippen molar-refractivity contribution in [3.63, 3.8) is 0 Å². The summed E-state index contributed by atoms with van der Waals surface area (Å²) >= 11 is 0.